The number of hydrogen-bond donors (Lipinski definition) is 1. The highest BCUT2D eigenvalue weighted by Crippen LogP contribution is 2.11. The van der Waals surface area contributed by atoms with Crippen molar-refractivity contribution >= 4 is 15.8 Å². The van der Waals surface area contributed by atoms with Crippen LogP contribution in [0, 0.1) is 25.2 Å². The summed E-state index contributed by atoms with van der Waals surface area (Å²) in [7, 11) is -3.76. The minimum absolute atomic E-state index is 0.0236. The molecular weight excluding hydrogens is 328 g/mol. The fraction of sp³-hybridized carbons (Fsp3) is 0.200. The molecular formula is C15H14N6O2S. The highest BCUT2D eigenvalue weighted by atomic mass is 32.2. The third-order valence-electron chi connectivity index (χ3n) is 3.36. The van der Waals surface area contributed by atoms with E-state index in [1.807, 2.05) is 26.0 Å². The second kappa shape index (κ2) is 5.99. The van der Waals surface area contributed by atoms with E-state index in [2.05, 4.69) is 19.8 Å². The number of rotatable bonds is 4. The summed E-state index contributed by atoms with van der Waals surface area (Å²) in [5, 5.41) is 13.1. The van der Waals surface area contributed by atoms with E-state index in [9.17, 15) is 8.42 Å². The van der Waals surface area contributed by atoms with Crippen molar-refractivity contribution in [3.05, 3.63) is 53.1 Å². The number of fused-ring (bicyclic) bond motifs is 1. The van der Waals surface area contributed by atoms with Gasteiger partial charge in [0.2, 0.25) is 10.0 Å². The predicted octanol–water partition coefficient (Wildman–Crippen LogP) is 1.09. The van der Waals surface area contributed by atoms with Crippen molar-refractivity contribution in [3.8, 4) is 6.07 Å². The molecule has 0 saturated carbocycles. The van der Waals surface area contributed by atoms with E-state index >= 15 is 0 Å². The van der Waals surface area contributed by atoms with E-state index in [4.69, 9.17) is 5.26 Å². The largest absolute Gasteiger partial charge is 0.252 e. The Hall–Kier alpha value is -2.83. The van der Waals surface area contributed by atoms with Crippen LogP contribution in [-0.2, 0) is 16.6 Å². The number of nitrogens with zero attached hydrogens (tertiary/aromatic N) is 5. The summed E-state index contributed by atoms with van der Waals surface area (Å²) in [5.74, 6) is 0.740. The van der Waals surface area contributed by atoms with Gasteiger partial charge >= 0.3 is 0 Å². The maximum Gasteiger partial charge on any atom is 0.252 e. The molecule has 2 heterocycles. The molecule has 3 aromatic rings. The lowest BCUT2D eigenvalue weighted by Crippen LogP contribution is -2.24. The Bertz CT molecular complexity index is 1070. The van der Waals surface area contributed by atoms with Gasteiger partial charge in [-0.2, -0.15) is 10.2 Å². The molecule has 1 aromatic carbocycles. The SMILES string of the molecule is Cc1cc(C)n2nc(CNS(=O)(=O)c3cccc(C#N)c3)nc2n1. The molecule has 0 saturated heterocycles. The summed E-state index contributed by atoms with van der Waals surface area (Å²) in [6.07, 6.45) is 0. The zero-order chi connectivity index (χ0) is 17.3. The first-order valence-corrected chi connectivity index (χ1v) is 8.57. The van der Waals surface area contributed by atoms with Crippen LogP contribution in [0.2, 0.25) is 0 Å². The molecule has 1 N–H and O–H groups in total. The van der Waals surface area contributed by atoms with Crippen molar-refractivity contribution in [1.29, 1.82) is 5.26 Å². The molecule has 8 nitrogen and oxygen atoms in total. The Balaban J connectivity index is 1.84. The molecule has 0 bridgehead atoms. The summed E-state index contributed by atoms with van der Waals surface area (Å²) < 4.78 is 28.6. The molecule has 0 aliphatic carbocycles. The van der Waals surface area contributed by atoms with Crippen molar-refractivity contribution in [2.24, 2.45) is 0 Å². The first-order chi connectivity index (χ1) is 11.4. The predicted molar refractivity (Wildman–Crippen MR) is 85.4 cm³/mol. The van der Waals surface area contributed by atoms with E-state index in [1.165, 1.54) is 18.2 Å². The number of aromatic nitrogens is 4. The van der Waals surface area contributed by atoms with Crippen molar-refractivity contribution < 1.29 is 8.42 Å². The van der Waals surface area contributed by atoms with Crippen molar-refractivity contribution in [1.82, 2.24) is 24.3 Å². The topological polar surface area (TPSA) is 113 Å². The van der Waals surface area contributed by atoms with Crippen molar-refractivity contribution in [2.75, 3.05) is 0 Å². The van der Waals surface area contributed by atoms with Crippen LogP contribution < -0.4 is 4.72 Å². The van der Waals surface area contributed by atoms with Gasteiger partial charge in [0.05, 0.1) is 23.1 Å². The van der Waals surface area contributed by atoms with Gasteiger partial charge in [-0.15, -0.1) is 5.10 Å². The number of sulfonamides is 1. The maximum absolute atomic E-state index is 12.3. The zero-order valence-electron chi connectivity index (χ0n) is 13.1. The van der Waals surface area contributed by atoms with Crippen molar-refractivity contribution in [2.45, 2.75) is 25.3 Å². The molecule has 0 fully saturated rings. The Morgan fingerprint density at radius 1 is 1.25 bits per heavy atom. The Morgan fingerprint density at radius 2 is 2.04 bits per heavy atom. The van der Waals surface area contributed by atoms with Crippen molar-refractivity contribution in [3.63, 3.8) is 0 Å². The molecule has 0 radical (unpaired) electrons. The van der Waals surface area contributed by atoms with E-state index in [1.54, 1.807) is 10.6 Å². The molecule has 0 atom stereocenters. The number of hydrogen-bond acceptors (Lipinski definition) is 6. The van der Waals surface area contributed by atoms with Crippen LogP contribution in [0.5, 0.6) is 0 Å². The van der Waals surface area contributed by atoms with Crippen LogP contribution in [0.3, 0.4) is 0 Å². The minimum atomic E-state index is -3.76. The van der Waals surface area contributed by atoms with Gasteiger partial charge in [-0.05, 0) is 38.1 Å². The van der Waals surface area contributed by atoms with Crippen LogP contribution in [-0.4, -0.2) is 28.0 Å². The minimum Gasteiger partial charge on any atom is -0.216 e. The Kier molecular flexibility index (Phi) is 4.01. The normalized spacial score (nSPS) is 11.5. The molecule has 0 unspecified atom stereocenters. The number of nitriles is 1. The molecule has 24 heavy (non-hydrogen) atoms. The maximum atomic E-state index is 12.3. The molecule has 0 aliphatic rings. The third-order valence-corrected chi connectivity index (χ3v) is 4.75. The van der Waals surface area contributed by atoms with Crippen LogP contribution in [0.15, 0.2) is 35.2 Å². The summed E-state index contributed by atoms with van der Waals surface area (Å²) in [6.45, 7) is 3.66. The average Bonchev–Trinajstić information content (AvgIpc) is 2.96. The fourth-order valence-electron chi connectivity index (χ4n) is 2.26. The Morgan fingerprint density at radius 3 is 2.79 bits per heavy atom. The lowest BCUT2D eigenvalue weighted by Gasteiger charge is -2.04. The number of benzene rings is 1. The summed E-state index contributed by atoms with van der Waals surface area (Å²) in [4.78, 5) is 8.51. The van der Waals surface area contributed by atoms with Gasteiger partial charge in [-0.25, -0.2) is 22.6 Å². The van der Waals surface area contributed by atoms with Gasteiger partial charge in [0.25, 0.3) is 5.78 Å². The van der Waals surface area contributed by atoms with E-state index in [0.29, 0.717) is 11.6 Å². The van der Waals surface area contributed by atoms with Gasteiger partial charge < -0.3 is 0 Å². The quantitative estimate of drug-likeness (QED) is 0.759. The molecule has 122 valence electrons. The number of aryl methyl sites for hydroxylation is 2. The first-order valence-electron chi connectivity index (χ1n) is 7.09. The van der Waals surface area contributed by atoms with Gasteiger partial charge in [0.1, 0.15) is 0 Å². The second-order valence-electron chi connectivity index (χ2n) is 5.24. The lowest BCUT2D eigenvalue weighted by atomic mass is 10.2. The summed E-state index contributed by atoms with van der Waals surface area (Å²) in [5.41, 5.74) is 1.95. The monoisotopic (exact) mass is 342 g/mol. The van der Waals surface area contributed by atoms with Gasteiger partial charge in [-0.1, -0.05) is 6.07 Å². The van der Waals surface area contributed by atoms with Gasteiger partial charge in [-0.3, -0.25) is 0 Å². The second-order valence-corrected chi connectivity index (χ2v) is 7.01. The van der Waals surface area contributed by atoms with E-state index < -0.39 is 10.0 Å². The highest BCUT2D eigenvalue weighted by Gasteiger charge is 2.16. The first kappa shape index (κ1) is 16.0. The third kappa shape index (κ3) is 3.10. The lowest BCUT2D eigenvalue weighted by molar-refractivity contribution is 0.579. The van der Waals surface area contributed by atoms with E-state index in [0.717, 1.165) is 11.4 Å². The Labute approximate surface area is 138 Å². The average molecular weight is 342 g/mol. The summed E-state index contributed by atoms with van der Waals surface area (Å²) in [6, 6.07) is 9.58. The van der Waals surface area contributed by atoms with Gasteiger partial charge in [0, 0.05) is 11.4 Å². The van der Waals surface area contributed by atoms with Crippen LogP contribution in [0.25, 0.3) is 5.78 Å². The van der Waals surface area contributed by atoms with Crippen LogP contribution in [0.1, 0.15) is 22.8 Å². The zero-order valence-corrected chi connectivity index (χ0v) is 13.9. The van der Waals surface area contributed by atoms with Gasteiger partial charge in [0.15, 0.2) is 5.82 Å². The molecule has 0 spiro atoms. The van der Waals surface area contributed by atoms with Crippen LogP contribution >= 0.6 is 0 Å². The number of nitrogens with one attached hydrogen (secondary N) is 1. The fourth-order valence-corrected chi connectivity index (χ4v) is 3.28. The molecule has 3 rings (SSSR count). The molecule has 9 heteroatoms. The smallest absolute Gasteiger partial charge is 0.216 e. The van der Waals surface area contributed by atoms with E-state index in [-0.39, 0.29) is 17.0 Å². The van der Waals surface area contributed by atoms with Crippen LogP contribution in [0.4, 0.5) is 0 Å². The standard InChI is InChI=1S/C15H14N6O2S/c1-10-6-11(2)21-15(18-10)19-14(20-21)9-17-24(22,23)13-5-3-4-12(7-13)8-16/h3-7,17H,9H2,1-2H3. The molecule has 0 amide bonds. The highest BCUT2D eigenvalue weighted by molar-refractivity contribution is 7.89. The molecule has 0 aliphatic heterocycles. The summed E-state index contributed by atoms with van der Waals surface area (Å²) >= 11 is 0. The molecule has 2 aromatic heterocycles.